The quantitative estimate of drug-likeness (QED) is 0.0541. The van der Waals surface area contributed by atoms with Crippen LogP contribution in [0.15, 0.2) is 28.9 Å². The Labute approximate surface area is 347 Å². The van der Waals surface area contributed by atoms with Gasteiger partial charge in [-0.25, -0.2) is 0 Å². The topological polar surface area (TPSA) is 130 Å². The fourth-order valence-electron chi connectivity index (χ4n) is 7.78. The van der Waals surface area contributed by atoms with Gasteiger partial charge in [0.05, 0.1) is 29.6 Å². The summed E-state index contributed by atoms with van der Waals surface area (Å²) >= 11 is 3.76. The summed E-state index contributed by atoms with van der Waals surface area (Å²) in [5.74, 6) is -1.94. The van der Waals surface area contributed by atoms with Crippen LogP contribution in [0.25, 0.3) is 16.5 Å². The molecule has 4 rings (SSSR count). The average Bonchev–Trinajstić information content (AvgIpc) is 3.45. The minimum absolute atomic E-state index is 0.0495. The highest BCUT2D eigenvalue weighted by atomic mass is 79.9. The van der Waals surface area contributed by atoms with Gasteiger partial charge in [0.15, 0.2) is 6.10 Å². The number of carbonyl (C=O) groups excluding carboxylic acids is 5. The second kappa shape index (κ2) is 23.2. The van der Waals surface area contributed by atoms with Gasteiger partial charge in [-0.05, 0) is 83.3 Å². The SMILES string of the molecule is CCCCCCCC(=O)OCC(COC(=O)CCCCCCC)OC(=O)CC(C)(C)CC(=O)OCCCC(=O)n1c(Br)c2c3c(cccc31)C1=CCCN(C)C1C2. The van der Waals surface area contributed by atoms with Gasteiger partial charge in [0.2, 0.25) is 5.91 Å². The van der Waals surface area contributed by atoms with Crippen LogP contribution < -0.4 is 0 Å². The van der Waals surface area contributed by atoms with Crippen LogP contribution in [0.5, 0.6) is 0 Å². The summed E-state index contributed by atoms with van der Waals surface area (Å²) in [6.45, 7) is 8.42. The number of halogens is 1. The third kappa shape index (κ3) is 14.1. The molecule has 1 aliphatic heterocycles. The lowest BCUT2D eigenvalue weighted by Gasteiger charge is -2.37. The molecular weight excluding hydrogens is 792 g/mol. The van der Waals surface area contributed by atoms with E-state index in [4.69, 9.17) is 18.9 Å². The maximum atomic E-state index is 13.6. The van der Waals surface area contributed by atoms with Crippen LogP contribution in [0.3, 0.4) is 0 Å². The Morgan fingerprint density at radius 2 is 1.40 bits per heavy atom. The molecule has 0 N–H and O–H groups in total. The maximum absolute atomic E-state index is 13.6. The largest absolute Gasteiger partial charge is 0.466 e. The van der Waals surface area contributed by atoms with E-state index in [1.165, 1.54) is 11.1 Å². The number of aromatic nitrogens is 1. The highest BCUT2D eigenvalue weighted by molar-refractivity contribution is 9.10. The van der Waals surface area contributed by atoms with E-state index in [1.807, 2.05) is 12.1 Å². The number of hydrogen-bond donors (Lipinski definition) is 0. The molecule has 1 atom stereocenters. The summed E-state index contributed by atoms with van der Waals surface area (Å²) in [6, 6.07) is 6.42. The molecule has 0 radical (unpaired) electrons. The van der Waals surface area contributed by atoms with Crippen LogP contribution in [0.4, 0.5) is 0 Å². The number of nitrogens with zero attached hydrogens (tertiary/aromatic N) is 2. The first-order valence-electron chi connectivity index (χ1n) is 21.3. The summed E-state index contributed by atoms with van der Waals surface area (Å²) in [6.07, 6.45) is 14.0. The molecule has 0 amide bonds. The van der Waals surface area contributed by atoms with Gasteiger partial charge in [-0.15, -0.1) is 0 Å². The van der Waals surface area contributed by atoms with Gasteiger partial charge in [-0.1, -0.05) is 97.3 Å². The zero-order chi connectivity index (χ0) is 41.4. The smallest absolute Gasteiger partial charge is 0.306 e. The highest BCUT2D eigenvalue weighted by Crippen LogP contribution is 2.44. The summed E-state index contributed by atoms with van der Waals surface area (Å²) in [7, 11) is 2.15. The van der Waals surface area contributed by atoms with Gasteiger partial charge in [-0.2, -0.15) is 0 Å². The minimum Gasteiger partial charge on any atom is -0.466 e. The first-order chi connectivity index (χ1) is 27.3. The van der Waals surface area contributed by atoms with E-state index in [0.29, 0.717) is 6.42 Å². The number of benzene rings is 1. The lowest BCUT2D eigenvalue weighted by atomic mass is 9.82. The average molecular weight is 858 g/mol. The molecule has 57 heavy (non-hydrogen) atoms. The number of rotatable bonds is 25. The summed E-state index contributed by atoms with van der Waals surface area (Å²) < 4.78 is 24.5. The zero-order valence-corrected chi connectivity index (χ0v) is 36.6. The lowest BCUT2D eigenvalue weighted by molar-refractivity contribution is -0.168. The molecule has 1 aliphatic carbocycles. The second-order valence-corrected chi connectivity index (χ2v) is 17.2. The third-order valence-electron chi connectivity index (χ3n) is 10.9. The van der Waals surface area contributed by atoms with Crippen molar-refractivity contribution in [3.05, 3.63) is 40.0 Å². The Morgan fingerprint density at radius 3 is 2.04 bits per heavy atom. The first-order valence-corrected chi connectivity index (χ1v) is 22.1. The van der Waals surface area contributed by atoms with Gasteiger partial charge in [0.25, 0.3) is 0 Å². The Balaban J connectivity index is 1.24. The third-order valence-corrected chi connectivity index (χ3v) is 11.7. The second-order valence-electron chi connectivity index (χ2n) is 16.5. The van der Waals surface area contributed by atoms with Crippen molar-refractivity contribution in [1.82, 2.24) is 9.47 Å². The van der Waals surface area contributed by atoms with Crippen LogP contribution in [0, 0.1) is 5.41 Å². The molecule has 2 aliphatic rings. The lowest BCUT2D eigenvalue weighted by Crippen LogP contribution is -2.39. The molecule has 0 bridgehead atoms. The maximum Gasteiger partial charge on any atom is 0.306 e. The monoisotopic (exact) mass is 856 g/mol. The van der Waals surface area contributed by atoms with Gasteiger partial charge in [0.1, 0.15) is 13.2 Å². The van der Waals surface area contributed by atoms with Crippen molar-refractivity contribution in [2.24, 2.45) is 5.41 Å². The standard InChI is InChI=1S/C45H65BrN2O9/c1-6-8-10-12-14-23-39(50)55-30-32(31-56-40(51)24-15-13-11-9-7-2)57-42(53)29-45(3,4)28-41(52)54-26-18-22-38(49)48-36-21-16-19-34-33-20-17-25-47(5)37(33)27-35(43(34)36)44(48)46/h16,19-21,32,37H,6-15,17-18,22-31H2,1-5H3. The van der Waals surface area contributed by atoms with Gasteiger partial charge < -0.3 is 18.9 Å². The molecule has 2 heterocycles. The molecule has 0 spiro atoms. The van der Waals surface area contributed by atoms with E-state index in [1.54, 1.807) is 18.4 Å². The fraction of sp³-hybridized carbons (Fsp3) is 0.667. The summed E-state index contributed by atoms with van der Waals surface area (Å²) in [5, 5.41) is 1.12. The highest BCUT2D eigenvalue weighted by Gasteiger charge is 2.34. The molecular formula is C45H65BrN2O9. The van der Waals surface area contributed by atoms with Crippen LogP contribution in [0.1, 0.15) is 153 Å². The first kappa shape index (κ1) is 46.2. The Hall–Kier alpha value is -3.51. The predicted octanol–water partition coefficient (Wildman–Crippen LogP) is 9.54. The molecule has 316 valence electrons. The van der Waals surface area contributed by atoms with Gasteiger partial charge in [-0.3, -0.25) is 33.4 Å². The molecule has 12 heteroatoms. The number of unbranched alkanes of at least 4 members (excludes halogenated alkanes) is 8. The predicted molar refractivity (Wildman–Crippen MR) is 225 cm³/mol. The van der Waals surface area contributed by atoms with Crippen LogP contribution in [-0.4, -0.2) is 84.8 Å². The number of hydrogen-bond acceptors (Lipinski definition) is 10. The zero-order valence-electron chi connectivity index (χ0n) is 35.0. The van der Waals surface area contributed by atoms with Crippen LogP contribution >= 0.6 is 15.9 Å². The molecule has 1 unspecified atom stereocenters. The van der Waals surface area contributed by atoms with E-state index in [9.17, 15) is 24.0 Å². The van der Waals surface area contributed by atoms with Crippen molar-refractivity contribution in [3.8, 4) is 0 Å². The summed E-state index contributed by atoms with van der Waals surface area (Å²) in [4.78, 5) is 66.8. The van der Waals surface area contributed by atoms with Gasteiger partial charge in [0, 0.05) is 37.2 Å². The Bertz CT molecular complexity index is 1680. The minimum atomic E-state index is -0.966. The van der Waals surface area contributed by atoms with Crippen molar-refractivity contribution in [3.63, 3.8) is 0 Å². The van der Waals surface area contributed by atoms with Crippen LogP contribution in [0.2, 0.25) is 0 Å². The van der Waals surface area contributed by atoms with Crippen molar-refractivity contribution in [1.29, 1.82) is 0 Å². The normalized spacial score (nSPS) is 15.3. The molecule has 11 nitrogen and oxygen atoms in total. The molecule has 0 saturated carbocycles. The van der Waals surface area contributed by atoms with Crippen LogP contribution in [-0.2, 0) is 44.5 Å². The van der Waals surface area contributed by atoms with E-state index in [0.717, 1.165) is 105 Å². The van der Waals surface area contributed by atoms with E-state index >= 15 is 0 Å². The number of ether oxygens (including phenoxy) is 4. The molecule has 1 aromatic carbocycles. The summed E-state index contributed by atoms with van der Waals surface area (Å²) in [5.41, 5.74) is 3.73. The Kier molecular flexibility index (Phi) is 18.8. The van der Waals surface area contributed by atoms with Crippen molar-refractivity contribution >= 4 is 62.2 Å². The van der Waals surface area contributed by atoms with Crippen molar-refractivity contribution < 1.29 is 42.9 Å². The fourth-order valence-corrected chi connectivity index (χ4v) is 8.53. The molecule has 0 fully saturated rings. The number of carbonyl (C=O) groups is 5. The number of likely N-dealkylation sites (N-methyl/N-ethyl adjacent to an activating group) is 1. The molecule has 2 aromatic rings. The molecule has 0 saturated heterocycles. The van der Waals surface area contributed by atoms with E-state index in [2.05, 4.69) is 53.9 Å². The molecule has 1 aromatic heterocycles. The van der Waals surface area contributed by atoms with Gasteiger partial charge >= 0.3 is 23.9 Å². The van der Waals surface area contributed by atoms with Crippen molar-refractivity contribution in [2.75, 3.05) is 33.4 Å². The number of esters is 4. The van der Waals surface area contributed by atoms with Crippen molar-refractivity contribution in [2.45, 2.75) is 155 Å². The number of fused-ring (bicyclic) bond motifs is 2. The Morgan fingerprint density at radius 1 is 0.789 bits per heavy atom. The van der Waals surface area contributed by atoms with E-state index in [-0.39, 0.29) is 75.8 Å². The van der Waals surface area contributed by atoms with E-state index < -0.39 is 23.5 Å².